The number of aromatic nitrogens is 2. The van der Waals surface area contributed by atoms with Crippen LogP contribution in [0.25, 0.3) is 10.2 Å². The SMILES string of the molecule is O=S(=O)(c1ccccc1)N1CCN(c2nc(C[NH+]3CCCCC3)nc3sc4c(c23)CCC4)CC1. The number of likely N-dealkylation sites (tertiary alicyclic amines) is 1. The van der Waals surface area contributed by atoms with Gasteiger partial charge in [0.25, 0.3) is 0 Å². The zero-order valence-corrected chi connectivity index (χ0v) is 21.1. The first-order valence-electron chi connectivity index (χ1n) is 12.5. The third-order valence-electron chi connectivity index (χ3n) is 7.48. The highest BCUT2D eigenvalue weighted by atomic mass is 32.2. The van der Waals surface area contributed by atoms with Gasteiger partial charge in [-0.3, -0.25) is 0 Å². The van der Waals surface area contributed by atoms with Gasteiger partial charge >= 0.3 is 0 Å². The molecule has 3 aliphatic rings. The molecule has 0 atom stereocenters. The molecule has 2 fully saturated rings. The molecule has 0 amide bonds. The summed E-state index contributed by atoms with van der Waals surface area (Å²) in [6.45, 7) is 5.54. The summed E-state index contributed by atoms with van der Waals surface area (Å²) in [6.07, 6.45) is 7.36. The Kier molecular flexibility index (Phi) is 6.05. The van der Waals surface area contributed by atoms with Gasteiger partial charge in [0.2, 0.25) is 10.0 Å². The van der Waals surface area contributed by atoms with E-state index >= 15 is 0 Å². The average Bonchev–Trinajstić information content (AvgIpc) is 3.46. The molecule has 6 rings (SSSR count). The van der Waals surface area contributed by atoms with E-state index in [9.17, 15) is 8.42 Å². The molecule has 0 bridgehead atoms. The summed E-state index contributed by atoms with van der Waals surface area (Å²) >= 11 is 1.85. The van der Waals surface area contributed by atoms with Crippen molar-refractivity contribution < 1.29 is 13.3 Å². The Bertz CT molecular complexity index is 1280. The molecule has 0 saturated carbocycles. The van der Waals surface area contributed by atoms with Crippen molar-refractivity contribution in [1.82, 2.24) is 14.3 Å². The summed E-state index contributed by atoms with van der Waals surface area (Å²) in [6, 6.07) is 8.77. The van der Waals surface area contributed by atoms with Crippen LogP contribution >= 0.6 is 11.3 Å². The second-order valence-corrected chi connectivity index (χ2v) is 12.7. The molecule has 2 aromatic heterocycles. The molecule has 1 N–H and O–H groups in total. The van der Waals surface area contributed by atoms with E-state index < -0.39 is 10.0 Å². The van der Waals surface area contributed by atoms with Crippen molar-refractivity contribution in [2.45, 2.75) is 50.0 Å². The maximum atomic E-state index is 13.1. The number of benzene rings is 1. The van der Waals surface area contributed by atoms with Crippen LogP contribution in [0.3, 0.4) is 0 Å². The van der Waals surface area contributed by atoms with Crippen LogP contribution in [-0.4, -0.2) is 62.0 Å². The van der Waals surface area contributed by atoms with Gasteiger partial charge in [-0.1, -0.05) is 18.2 Å². The van der Waals surface area contributed by atoms with E-state index in [1.54, 1.807) is 33.5 Å². The fourth-order valence-electron chi connectivity index (χ4n) is 5.66. The number of anilines is 1. The van der Waals surface area contributed by atoms with Crippen molar-refractivity contribution >= 4 is 37.4 Å². The largest absolute Gasteiger partial charge is 0.353 e. The molecule has 180 valence electrons. The molecule has 3 aromatic rings. The van der Waals surface area contributed by atoms with Crippen LogP contribution in [0.15, 0.2) is 35.2 Å². The Morgan fingerprint density at radius 2 is 1.68 bits per heavy atom. The predicted molar refractivity (Wildman–Crippen MR) is 135 cm³/mol. The number of hydrogen-bond donors (Lipinski definition) is 1. The molecule has 1 aromatic carbocycles. The first-order valence-corrected chi connectivity index (χ1v) is 14.8. The van der Waals surface area contributed by atoms with Gasteiger partial charge < -0.3 is 9.80 Å². The minimum Gasteiger partial charge on any atom is -0.353 e. The quantitative estimate of drug-likeness (QED) is 0.584. The summed E-state index contributed by atoms with van der Waals surface area (Å²) in [5.41, 5.74) is 1.44. The van der Waals surface area contributed by atoms with Crippen molar-refractivity contribution in [3.8, 4) is 0 Å². The molecule has 1 aliphatic carbocycles. The first-order chi connectivity index (χ1) is 16.6. The molecule has 9 heteroatoms. The van der Waals surface area contributed by atoms with Crippen molar-refractivity contribution in [3.63, 3.8) is 0 Å². The van der Waals surface area contributed by atoms with Gasteiger partial charge in [0.15, 0.2) is 5.82 Å². The Balaban J connectivity index is 1.29. The minimum atomic E-state index is -3.46. The van der Waals surface area contributed by atoms with E-state index in [1.807, 2.05) is 17.4 Å². The van der Waals surface area contributed by atoms with Gasteiger partial charge in [-0.05, 0) is 56.2 Å². The number of rotatable bonds is 5. The zero-order chi connectivity index (χ0) is 23.1. The van der Waals surface area contributed by atoms with Gasteiger partial charge in [0.05, 0.1) is 23.4 Å². The number of nitrogens with one attached hydrogen (secondary N) is 1. The van der Waals surface area contributed by atoms with Gasteiger partial charge in [-0.2, -0.15) is 4.31 Å². The highest BCUT2D eigenvalue weighted by Crippen LogP contribution is 2.40. The standard InChI is InChI=1S/C25H31N5O2S2/c31-34(32,19-8-3-1-4-9-19)30-16-14-29(15-17-30)24-23-20-10-7-11-21(20)33-25(23)27-22(26-24)18-28-12-5-2-6-13-28/h1,3-4,8-9H,2,5-7,10-18H2/p+1. The molecule has 0 spiro atoms. The Hall–Kier alpha value is -2.07. The lowest BCUT2D eigenvalue weighted by molar-refractivity contribution is -0.919. The van der Waals surface area contributed by atoms with Crippen molar-refractivity contribution in [3.05, 3.63) is 46.6 Å². The lowest BCUT2D eigenvalue weighted by Crippen LogP contribution is -3.11. The zero-order valence-electron chi connectivity index (χ0n) is 19.5. The fourth-order valence-corrected chi connectivity index (χ4v) is 8.38. The fraction of sp³-hybridized carbons (Fsp3) is 0.520. The van der Waals surface area contributed by atoms with Gasteiger partial charge in [-0.15, -0.1) is 11.3 Å². The topological polar surface area (TPSA) is 70.8 Å². The number of nitrogens with zero attached hydrogens (tertiary/aromatic N) is 4. The molecule has 34 heavy (non-hydrogen) atoms. The van der Waals surface area contributed by atoms with Crippen LogP contribution < -0.4 is 9.80 Å². The van der Waals surface area contributed by atoms with Gasteiger partial charge in [0, 0.05) is 31.1 Å². The molecular formula is C25H32N5O2S2+. The molecule has 7 nitrogen and oxygen atoms in total. The van der Waals surface area contributed by atoms with Gasteiger partial charge in [-0.25, -0.2) is 18.4 Å². The number of piperidine rings is 1. The summed E-state index contributed by atoms with van der Waals surface area (Å²) < 4.78 is 27.8. The number of aryl methyl sites for hydroxylation is 2. The van der Waals surface area contributed by atoms with Crippen LogP contribution in [0.5, 0.6) is 0 Å². The van der Waals surface area contributed by atoms with Crippen LogP contribution in [0, 0.1) is 0 Å². The van der Waals surface area contributed by atoms with Crippen LogP contribution in [0.1, 0.15) is 41.9 Å². The molecule has 2 aliphatic heterocycles. The molecule has 4 heterocycles. The van der Waals surface area contributed by atoms with Crippen molar-refractivity contribution in [1.29, 1.82) is 0 Å². The average molecular weight is 499 g/mol. The maximum Gasteiger partial charge on any atom is 0.243 e. The highest BCUT2D eigenvalue weighted by molar-refractivity contribution is 7.89. The molecule has 2 saturated heterocycles. The van der Waals surface area contributed by atoms with E-state index in [2.05, 4.69) is 4.90 Å². The second kappa shape index (κ2) is 9.18. The lowest BCUT2D eigenvalue weighted by Gasteiger charge is -2.35. The highest BCUT2D eigenvalue weighted by Gasteiger charge is 2.31. The van der Waals surface area contributed by atoms with Crippen LogP contribution in [-0.2, 0) is 29.4 Å². The van der Waals surface area contributed by atoms with Crippen LogP contribution in [0.4, 0.5) is 5.82 Å². The number of sulfonamides is 1. The molecule has 0 radical (unpaired) electrons. The van der Waals surface area contributed by atoms with E-state index in [1.165, 1.54) is 54.6 Å². The minimum absolute atomic E-state index is 0.371. The number of thiophene rings is 1. The smallest absolute Gasteiger partial charge is 0.243 e. The third-order valence-corrected chi connectivity index (χ3v) is 10.6. The number of quaternary nitrogens is 1. The van der Waals surface area contributed by atoms with Crippen LogP contribution in [0.2, 0.25) is 0 Å². The Morgan fingerprint density at radius 3 is 2.44 bits per heavy atom. The summed E-state index contributed by atoms with van der Waals surface area (Å²) in [7, 11) is -3.46. The van der Waals surface area contributed by atoms with Gasteiger partial charge in [0.1, 0.15) is 17.2 Å². The summed E-state index contributed by atoms with van der Waals surface area (Å²) in [5.74, 6) is 1.98. The lowest BCUT2D eigenvalue weighted by atomic mass is 10.1. The first kappa shape index (κ1) is 22.4. The Labute approximate surface area is 205 Å². The number of piperazine rings is 1. The monoisotopic (exact) mass is 498 g/mol. The second-order valence-electron chi connectivity index (χ2n) is 9.69. The van der Waals surface area contributed by atoms with E-state index in [4.69, 9.17) is 9.97 Å². The van der Waals surface area contributed by atoms with E-state index in [0.29, 0.717) is 31.1 Å². The molecular weight excluding hydrogens is 466 g/mol. The Morgan fingerprint density at radius 1 is 0.912 bits per heavy atom. The van der Waals surface area contributed by atoms with Crippen molar-refractivity contribution in [2.75, 3.05) is 44.2 Å². The van der Waals surface area contributed by atoms with E-state index in [-0.39, 0.29) is 0 Å². The number of fused-ring (bicyclic) bond motifs is 3. The predicted octanol–water partition coefficient (Wildman–Crippen LogP) is 2.26. The van der Waals surface area contributed by atoms with E-state index in [0.717, 1.165) is 35.9 Å². The van der Waals surface area contributed by atoms with Crippen molar-refractivity contribution in [2.24, 2.45) is 0 Å². The summed E-state index contributed by atoms with van der Waals surface area (Å²) in [4.78, 5) is 17.0. The number of hydrogen-bond acceptors (Lipinski definition) is 6. The third kappa shape index (κ3) is 4.12. The maximum absolute atomic E-state index is 13.1. The molecule has 0 unspecified atom stereocenters. The summed E-state index contributed by atoms with van der Waals surface area (Å²) in [5, 5.41) is 1.23. The normalized spacial score (nSPS) is 20.2.